The second-order valence-corrected chi connectivity index (χ2v) is 4.22. The van der Waals surface area contributed by atoms with Gasteiger partial charge in [-0.25, -0.2) is 0 Å². The smallest absolute Gasteiger partial charge is 0.162 e. The van der Waals surface area contributed by atoms with Gasteiger partial charge in [0.25, 0.3) is 0 Å². The van der Waals surface area contributed by atoms with E-state index in [2.05, 4.69) is 6.58 Å². The summed E-state index contributed by atoms with van der Waals surface area (Å²) in [7, 11) is 0. The molecule has 70 valence electrons. The first-order valence-corrected chi connectivity index (χ1v) is 4.63. The minimum absolute atomic E-state index is 0.242. The van der Waals surface area contributed by atoms with Gasteiger partial charge in [0, 0.05) is 24.8 Å². The minimum atomic E-state index is -0.288. The van der Waals surface area contributed by atoms with E-state index in [1.807, 2.05) is 13.8 Å². The summed E-state index contributed by atoms with van der Waals surface area (Å²) < 4.78 is 5.74. The van der Waals surface area contributed by atoms with Crippen LogP contribution in [0.3, 0.4) is 0 Å². The van der Waals surface area contributed by atoms with Gasteiger partial charge in [-0.15, -0.1) is 0 Å². The molecule has 0 unspecified atom stereocenters. The summed E-state index contributed by atoms with van der Waals surface area (Å²) in [6, 6.07) is 0. The maximum atomic E-state index is 11.4. The minimum Gasteiger partial charge on any atom is -0.487 e. The Morgan fingerprint density at radius 2 is 2.08 bits per heavy atom. The standard InChI is InChI=1S/C11H14O2/c1-7-6-8-9(12)4-5-10(8)13-11(7,2)3/h1,4-6H2,2-3H3. The first-order chi connectivity index (χ1) is 6.00. The molecule has 0 aromatic rings. The Bertz CT molecular complexity index is 321. The van der Waals surface area contributed by atoms with E-state index in [9.17, 15) is 4.79 Å². The average molecular weight is 178 g/mol. The van der Waals surface area contributed by atoms with Crippen molar-refractivity contribution >= 4 is 5.78 Å². The van der Waals surface area contributed by atoms with Crippen LogP contribution >= 0.6 is 0 Å². The molecule has 0 bridgehead atoms. The maximum absolute atomic E-state index is 11.4. The predicted octanol–water partition coefficient (Wildman–Crippen LogP) is 2.36. The van der Waals surface area contributed by atoms with Gasteiger partial charge in [-0.2, -0.15) is 0 Å². The lowest BCUT2D eigenvalue weighted by atomic mass is 9.90. The normalized spacial score (nSPS) is 26.0. The van der Waals surface area contributed by atoms with Crippen LogP contribution in [0.2, 0.25) is 0 Å². The Morgan fingerprint density at radius 3 is 2.77 bits per heavy atom. The van der Waals surface area contributed by atoms with Crippen LogP contribution in [-0.2, 0) is 9.53 Å². The molecule has 1 aliphatic carbocycles. The van der Waals surface area contributed by atoms with Gasteiger partial charge in [0.2, 0.25) is 0 Å². The van der Waals surface area contributed by atoms with Gasteiger partial charge in [0.05, 0.1) is 0 Å². The van der Waals surface area contributed by atoms with Gasteiger partial charge in [0.15, 0.2) is 5.78 Å². The molecule has 0 fully saturated rings. The molecule has 0 aromatic carbocycles. The monoisotopic (exact) mass is 178 g/mol. The number of allylic oxidation sites excluding steroid dienone is 2. The van der Waals surface area contributed by atoms with Crippen molar-refractivity contribution in [1.29, 1.82) is 0 Å². The lowest BCUT2D eigenvalue weighted by Gasteiger charge is -2.34. The van der Waals surface area contributed by atoms with E-state index >= 15 is 0 Å². The Labute approximate surface area is 78.3 Å². The fourth-order valence-electron chi connectivity index (χ4n) is 1.80. The van der Waals surface area contributed by atoms with Gasteiger partial charge < -0.3 is 4.74 Å². The molecule has 0 radical (unpaired) electrons. The van der Waals surface area contributed by atoms with Crippen molar-refractivity contribution in [3.63, 3.8) is 0 Å². The van der Waals surface area contributed by atoms with Gasteiger partial charge in [-0.05, 0) is 19.4 Å². The van der Waals surface area contributed by atoms with E-state index in [0.717, 1.165) is 23.3 Å². The molecule has 1 aliphatic heterocycles. The van der Waals surface area contributed by atoms with Crippen LogP contribution in [0, 0.1) is 0 Å². The van der Waals surface area contributed by atoms with Crippen molar-refractivity contribution in [2.45, 2.75) is 38.7 Å². The first-order valence-electron chi connectivity index (χ1n) is 4.63. The zero-order valence-corrected chi connectivity index (χ0v) is 8.14. The summed E-state index contributed by atoms with van der Waals surface area (Å²) in [6.45, 7) is 7.95. The molecule has 2 heteroatoms. The molecule has 2 aliphatic rings. The van der Waals surface area contributed by atoms with Crippen molar-refractivity contribution in [2.75, 3.05) is 0 Å². The molecule has 0 spiro atoms. The lowest BCUT2D eigenvalue weighted by Crippen LogP contribution is -2.30. The molecule has 0 N–H and O–H groups in total. The molecule has 0 saturated carbocycles. The van der Waals surface area contributed by atoms with Crippen molar-refractivity contribution in [2.24, 2.45) is 0 Å². The van der Waals surface area contributed by atoms with Crippen LogP contribution in [0.15, 0.2) is 23.5 Å². The third-order valence-corrected chi connectivity index (χ3v) is 2.87. The maximum Gasteiger partial charge on any atom is 0.162 e. The Kier molecular flexibility index (Phi) is 1.62. The van der Waals surface area contributed by atoms with Gasteiger partial charge in [0.1, 0.15) is 11.4 Å². The number of ketones is 1. The third kappa shape index (κ3) is 1.21. The summed E-state index contributed by atoms with van der Waals surface area (Å²) in [6.07, 6.45) is 2.11. The van der Waals surface area contributed by atoms with Crippen LogP contribution in [0.25, 0.3) is 0 Å². The second kappa shape index (κ2) is 2.47. The summed E-state index contributed by atoms with van der Waals surface area (Å²) in [5, 5.41) is 0. The van der Waals surface area contributed by atoms with E-state index in [1.54, 1.807) is 0 Å². The van der Waals surface area contributed by atoms with E-state index in [1.165, 1.54) is 0 Å². The molecule has 0 amide bonds. The van der Waals surface area contributed by atoms with Crippen molar-refractivity contribution in [1.82, 2.24) is 0 Å². The van der Waals surface area contributed by atoms with Crippen molar-refractivity contribution < 1.29 is 9.53 Å². The number of carbonyl (C=O) groups excluding carboxylic acids is 1. The highest BCUT2D eigenvalue weighted by atomic mass is 16.5. The summed E-state index contributed by atoms with van der Waals surface area (Å²) in [4.78, 5) is 11.4. The predicted molar refractivity (Wildman–Crippen MR) is 50.2 cm³/mol. The summed E-state index contributed by atoms with van der Waals surface area (Å²) >= 11 is 0. The largest absolute Gasteiger partial charge is 0.487 e. The van der Waals surface area contributed by atoms with E-state index in [0.29, 0.717) is 12.8 Å². The van der Waals surface area contributed by atoms with Gasteiger partial charge in [-0.3, -0.25) is 4.79 Å². The van der Waals surface area contributed by atoms with E-state index in [4.69, 9.17) is 4.74 Å². The molecular formula is C11H14O2. The summed E-state index contributed by atoms with van der Waals surface area (Å²) in [5.41, 5.74) is 1.58. The molecule has 1 heterocycles. The highest BCUT2D eigenvalue weighted by molar-refractivity contribution is 5.99. The average Bonchev–Trinajstić information content (AvgIpc) is 2.34. The Hall–Kier alpha value is -1.05. The van der Waals surface area contributed by atoms with Crippen LogP contribution in [-0.4, -0.2) is 11.4 Å². The zero-order chi connectivity index (χ0) is 9.64. The van der Waals surface area contributed by atoms with Crippen LogP contribution in [0.4, 0.5) is 0 Å². The van der Waals surface area contributed by atoms with Gasteiger partial charge >= 0.3 is 0 Å². The third-order valence-electron chi connectivity index (χ3n) is 2.87. The zero-order valence-electron chi connectivity index (χ0n) is 8.14. The Balaban J connectivity index is 2.36. The van der Waals surface area contributed by atoms with Gasteiger partial charge in [-0.1, -0.05) is 6.58 Å². The summed E-state index contributed by atoms with van der Waals surface area (Å²) in [5.74, 6) is 1.15. The number of carbonyl (C=O) groups is 1. The van der Waals surface area contributed by atoms with Crippen LogP contribution in [0.1, 0.15) is 33.1 Å². The fourth-order valence-corrected chi connectivity index (χ4v) is 1.80. The highest BCUT2D eigenvalue weighted by Crippen LogP contribution is 2.40. The van der Waals surface area contributed by atoms with Crippen molar-refractivity contribution in [3.05, 3.63) is 23.5 Å². The molecule has 2 nitrogen and oxygen atoms in total. The highest BCUT2D eigenvalue weighted by Gasteiger charge is 2.36. The topological polar surface area (TPSA) is 26.3 Å². The molecule has 0 saturated heterocycles. The van der Waals surface area contributed by atoms with Crippen LogP contribution < -0.4 is 0 Å². The fraction of sp³-hybridized carbons (Fsp3) is 0.545. The van der Waals surface area contributed by atoms with Crippen LogP contribution in [0.5, 0.6) is 0 Å². The lowest BCUT2D eigenvalue weighted by molar-refractivity contribution is -0.115. The number of Topliss-reactive ketones (excluding diaryl/α,β-unsaturated/α-hetero) is 1. The van der Waals surface area contributed by atoms with E-state index in [-0.39, 0.29) is 11.4 Å². The number of hydrogen-bond acceptors (Lipinski definition) is 2. The van der Waals surface area contributed by atoms with Crippen molar-refractivity contribution in [3.8, 4) is 0 Å². The quantitative estimate of drug-likeness (QED) is 0.532. The number of hydrogen-bond donors (Lipinski definition) is 0. The first kappa shape index (κ1) is 8.54. The second-order valence-electron chi connectivity index (χ2n) is 4.22. The molecule has 0 aromatic heterocycles. The molecule has 2 rings (SSSR count). The number of ether oxygens (including phenoxy) is 1. The Morgan fingerprint density at radius 1 is 1.38 bits per heavy atom. The molecule has 13 heavy (non-hydrogen) atoms. The SMILES string of the molecule is C=C1CC2=C(CCC2=O)OC1(C)C. The molecule has 0 atom stereocenters. The van der Waals surface area contributed by atoms with E-state index < -0.39 is 0 Å². The number of rotatable bonds is 0. The molecular weight excluding hydrogens is 164 g/mol.